The van der Waals surface area contributed by atoms with Crippen LogP contribution in [-0.4, -0.2) is 43.2 Å². The lowest BCUT2D eigenvalue weighted by Gasteiger charge is -2.36. The molecule has 0 radical (unpaired) electrons. The Hall–Kier alpha value is -4.13. The van der Waals surface area contributed by atoms with E-state index >= 15 is 0 Å². The molecule has 39 heavy (non-hydrogen) atoms. The second-order valence-corrected chi connectivity index (χ2v) is 9.85. The fourth-order valence-corrected chi connectivity index (χ4v) is 4.67. The third-order valence-electron chi connectivity index (χ3n) is 6.73. The normalized spacial score (nSPS) is 13.9. The Morgan fingerprint density at radius 1 is 0.846 bits per heavy atom. The number of halogens is 1. The molecule has 0 atom stereocenters. The molecular formula is C32H31ClN4O2. The lowest BCUT2D eigenvalue weighted by atomic mass is 10.1. The summed E-state index contributed by atoms with van der Waals surface area (Å²) in [5.41, 5.74) is 7.44. The average molecular weight is 539 g/mol. The predicted molar refractivity (Wildman–Crippen MR) is 158 cm³/mol. The van der Waals surface area contributed by atoms with Gasteiger partial charge >= 0.3 is 0 Å². The summed E-state index contributed by atoms with van der Waals surface area (Å²) in [6.07, 6.45) is 1.61. The van der Waals surface area contributed by atoms with Gasteiger partial charge in [-0.3, -0.25) is 9.69 Å². The van der Waals surface area contributed by atoms with Gasteiger partial charge in [0.2, 0.25) is 0 Å². The maximum Gasteiger partial charge on any atom is 0.271 e. The molecule has 1 aliphatic rings. The molecule has 6 nitrogen and oxygen atoms in total. The maximum atomic E-state index is 12.5. The van der Waals surface area contributed by atoms with Crippen molar-refractivity contribution in [1.82, 2.24) is 10.3 Å². The highest BCUT2D eigenvalue weighted by molar-refractivity contribution is 6.31. The number of nitrogens with one attached hydrogen (secondary N) is 1. The topological polar surface area (TPSA) is 57.2 Å². The third kappa shape index (κ3) is 7.47. The zero-order chi connectivity index (χ0) is 26.9. The zero-order valence-corrected chi connectivity index (χ0v) is 22.4. The van der Waals surface area contributed by atoms with Gasteiger partial charge in [0.05, 0.1) is 6.21 Å². The Morgan fingerprint density at radius 3 is 2.26 bits per heavy atom. The van der Waals surface area contributed by atoms with Crippen molar-refractivity contribution >= 4 is 29.4 Å². The molecule has 4 aromatic carbocycles. The van der Waals surface area contributed by atoms with Crippen LogP contribution < -0.4 is 15.1 Å². The van der Waals surface area contributed by atoms with Gasteiger partial charge in [-0.05, 0) is 65.7 Å². The van der Waals surface area contributed by atoms with E-state index in [2.05, 4.69) is 50.7 Å². The summed E-state index contributed by atoms with van der Waals surface area (Å²) in [7, 11) is 0. The SMILES string of the molecule is O=C(N/N=C\c1ccc(OCc2ccccc2Cl)cc1)c1ccc(CN2CCN(c3ccccc3)CC2)cc1. The monoisotopic (exact) mass is 538 g/mol. The number of hydrogen-bond donors (Lipinski definition) is 1. The fraction of sp³-hybridized carbons (Fsp3) is 0.188. The minimum atomic E-state index is -0.242. The second kappa shape index (κ2) is 13.1. The first-order chi connectivity index (χ1) is 19.1. The molecule has 0 aliphatic carbocycles. The van der Waals surface area contributed by atoms with Gasteiger partial charge in [-0.1, -0.05) is 60.1 Å². The Kier molecular flexibility index (Phi) is 8.89. The Bertz CT molecular complexity index is 1380. The van der Waals surface area contributed by atoms with Crippen molar-refractivity contribution in [3.63, 3.8) is 0 Å². The molecule has 1 amide bonds. The number of rotatable bonds is 9. The number of carbonyl (C=O) groups is 1. The number of benzene rings is 4. The van der Waals surface area contributed by atoms with Crippen LogP contribution in [0.5, 0.6) is 5.75 Å². The van der Waals surface area contributed by atoms with E-state index in [0.717, 1.165) is 49.6 Å². The first kappa shape index (κ1) is 26.5. The first-order valence-corrected chi connectivity index (χ1v) is 13.4. The number of amides is 1. The van der Waals surface area contributed by atoms with Crippen LogP contribution >= 0.6 is 11.6 Å². The number of para-hydroxylation sites is 1. The van der Waals surface area contributed by atoms with Gasteiger partial charge < -0.3 is 9.64 Å². The minimum Gasteiger partial charge on any atom is -0.489 e. The minimum absolute atomic E-state index is 0.242. The van der Waals surface area contributed by atoms with E-state index in [1.54, 1.807) is 6.21 Å². The van der Waals surface area contributed by atoms with Crippen LogP contribution in [0.15, 0.2) is 108 Å². The van der Waals surface area contributed by atoms with Crippen LogP contribution in [0.25, 0.3) is 0 Å². The number of carbonyl (C=O) groups excluding carboxylic acids is 1. The lowest BCUT2D eigenvalue weighted by Crippen LogP contribution is -2.45. The number of anilines is 1. The predicted octanol–water partition coefficient (Wildman–Crippen LogP) is 6.01. The number of hydrogen-bond acceptors (Lipinski definition) is 5. The van der Waals surface area contributed by atoms with E-state index in [1.165, 1.54) is 11.3 Å². The first-order valence-electron chi connectivity index (χ1n) is 13.0. The second-order valence-electron chi connectivity index (χ2n) is 9.44. The van der Waals surface area contributed by atoms with E-state index in [9.17, 15) is 4.79 Å². The van der Waals surface area contributed by atoms with Crippen LogP contribution in [0, 0.1) is 0 Å². The number of piperazine rings is 1. The summed E-state index contributed by atoms with van der Waals surface area (Å²) >= 11 is 6.18. The van der Waals surface area contributed by atoms with E-state index in [0.29, 0.717) is 17.2 Å². The summed E-state index contributed by atoms with van der Waals surface area (Å²) in [6, 6.07) is 33.4. The van der Waals surface area contributed by atoms with Crippen LogP contribution in [0.3, 0.4) is 0 Å². The number of hydrazone groups is 1. The zero-order valence-electron chi connectivity index (χ0n) is 21.7. The van der Waals surface area contributed by atoms with E-state index in [-0.39, 0.29) is 5.91 Å². The van der Waals surface area contributed by atoms with Gasteiger partial charge in [0.15, 0.2) is 0 Å². The molecular weight excluding hydrogens is 508 g/mol. The standard InChI is InChI=1S/C32H31ClN4O2/c33-31-9-5-4-6-28(31)24-39-30-16-12-25(13-17-30)22-34-35-32(38)27-14-10-26(11-15-27)23-36-18-20-37(21-19-36)29-7-2-1-3-8-29/h1-17,22H,18-21,23-24H2,(H,35,38)/b34-22-. The maximum absolute atomic E-state index is 12.5. The molecule has 0 unspecified atom stereocenters. The fourth-order valence-electron chi connectivity index (χ4n) is 4.48. The van der Waals surface area contributed by atoms with Gasteiger partial charge in [0.25, 0.3) is 5.91 Å². The Morgan fingerprint density at radius 2 is 1.54 bits per heavy atom. The number of nitrogens with zero attached hydrogens (tertiary/aromatic N) is 3. The van der Waals surface area contributed by atoms with Gasteiger partial charge in [-0.2, -0.15) is 5.10 Å². The molecule has 0 saturated carbocycles. The molecule has 5 rings (SSSR count). The van der Waals surface area contributed by atoms with Crippen molar-refractivity contribution in [1.29, 1.82) is 0 Å². The molecule has 1 saturated heterocycles. The molecule has 0 aromatic heterocycles. The van der Waals surface area contributed by atoms with Crippen molar-refractivity contribution in [2.24, 2.45) is 5.10 Å². The van der Waals surface area contributed by atoms with Crippen molar-refractivity contribution in [2.75, 3.05) is 31.1 Å². The van der Waals surface area contributed by atoms with Crippen LogP contribution in [0.2, 0.25) is 5.02 Å². The van der Waals surface area contributed by atoms with Crippen molar-refractivity contribution in [2.45, 2.75) is 13.2 Å². The molecule has 7 heteroatoms. The average Bonchev–Trinajstić information content (AvgIpc) is 2.98. The van der Waals surface area contributed by atoms with Crippen molar-refractivity contribution in [3.05, 3.63) is 130 Å². The Labute approximate surface area is 234 Å². The number of ether oxygens (including phenoxy) is 1. The lowest BCUT2D eigenvalue weighted by molar-refractivity contribution is 0.0955. The van der Waals surface area contributed by atoms with Gasteiger partial charge in [0.1, 0.15) is 12.4 Å². The van der Waals surface area contributed by atoms with Crippen molar-refractivity contribution in [3.8, 4) is 5.75 Å². The van der Waals surface area contributed by atoms with E-state index in [4.69, 9.17) is 16.3 Å². The summed E-state index contributed by atoms with van der Waals surface area (Å²) in [5.74, 6) is 0.489. The van der Waals surface area contributed by atoms with E-state index in [1.807, 2.05) is 72.8 Å². The van der Waals surface area contributed by atoms with Crippen molar-refractivity contribution < 1.29 is 9.53 Å². The molecule has 1 fully saturated rings. The molecule has 198 valence electrons. The summed E-state index contributed by atoms with van der Waals surface area (Å²) in [5, 5.41) is 4.79. The van der Waals surface area contributed by atoms with E-state index < -0.39 is 0 Å². The van der Waals surface area contributed by atoms with Gasteiger partial charge in [-0.25, -0.2) is 5.43 Å². The Balaban J connectivity index is 1.05. The molecule has 1 heterocycles. The highest BCUT2D eigenvalue weighted by Crippen LogP contribution is 2.19. The smallest absolute Gasteiger partial charge is 0.271 e. The largest absolute Gasteiger partial charge is 0.489 e. The summed E-state index contributed by atoms with van der Waals surface area (Å²) in [4.78, 5) is 17.4. The molecule has 1 aliphatic heterocycles. The summed E-state index contributed by atoms with van der Waals surface area (Å²) in [6.45, 7) is 5.33. The van der Waals surface area contributed by atoms with Gasteiger partial charge in [0, 0.05) is 54.6 Å². The van der Waals surface area contributed by atoms with Crippen LogP contribution in [-0.2, 0) is 13.2 Å². The highest BCUT2D eigenvalue weighted by atomic mass is 35.5. The van der Waals surface area contributed by atoms with Crippen LogP contribution in [0.4, 0.5) is 5.69 Å². The van der Waals surface area contributed by atoms with Crippen LogP contribution in [0.1, 0.15) is 27.0 Å². The van der Waals surface area contributed by atoms with Gasteiger partial charge in [-0.15, -0.1) is 0 Å². The highest BCUT2D eigenvalue weighted by Gasteiger charge is 2.17. The third-order valence-corrected chi connectivity index (χ3v) is 7.10. The molecule has 0 spiro atoms. The quantitative estimate of drug-likeness (QED) is 0.210. The molecule has 1 N–H and O–H groups in total. The molecule has 0 bridgehead atoms. The molecule has 4 aromatic rings. The summed E-state index contributed by atoms with van der Waals surface area (Å²) < 4.78 is 5.81.